The lowest BCUT2D eigenvalue weighted by Gasteiger charge is -2.22. The van der Waals surface area contributed by atoms with Gasteiger partial charge in [-0.2, -0.15) is 0 Å². The predicted molar refractivity (Wildman–Crippen MR) is 287 cm³/mol. The maximum Gasteiger partial charge on any atom is 0.305 e. The topological polar surface area (TPSA) is 95.9 Å². The van der Waals surface area contributed by atoms with E-state index >= 15 is 0 Å². The minimum absolute atomic E-state index is 0.0000640. The van der Waals surface area contributed by atoms with Crippen LogP contribution in [0.3, 0.4) is 0 Å². The van der Waals surface area contributed by atoms with Gasteiger partial charge in [0.25, 0.3) is 0 Å². The maximum atomic E-state index is 12.5. The summed E-state index contributed by atoms with van der Waals surface area (Å²) in [6.45, 7) is 4.96. The van der Waals surface area contributed by atoms with Gasteiger partial charge in [0.15, 0.2) is 0 Å². The number of aliphatic hydroxyl groups is 2. The lowest BCUT2D eigenvalue weighted by molar-refractivity contribution is -0.143. The van der Waals surface area contributed by atoms with E-state index in [1.807, 2.05) is 0 Å². The summed E-state index contributed by atoms with van der Waals surface area (Å²) in [4.78, 5) is 24.6. The highest BCUT2D eigenvalue weighted by atomic mass is 16.5. The van der Waals surface area contributed by atoms with Gasteiger partial charge in [0, 0.05) is 12.8 Å². The van der Waals surface area contributed by atoms with Crippen LogP contribution in [0.15, 0.2) is 0 Å². The lowest BCUT2D eigenvalue weighted by Crippen LogP contribution is -2.45. The normalized spacial score (nSPS) is 12.5. The fraction of sp³-hybridized carbons (Fsp3) is 0.967. The quantitative estimate of drug-likeness (QED) is 0.0417. The second kappa shape index (κ2) is 56.4. The first kappa shape index (κ1) is 64.9. The molecule has 0 saturated heterocycles. The van der Waals surface area contributed by atoms with Gasteiger partial charge in [-0.15, -0.1) is 0 Å². The average Bonchev–Trinajstić information content (AvgIpc) is 3.32. The van der Waals surface area contributed by atoms with Crippen molar-refractivity contribution >= 4 is 11.9 Å². The number of rotatable bonds is 57. The van der Waals surface area contributed by atoms with E-state index < -0.39 is 12.1 Å². The van der Waals surface area contributed by atoms with Crippen molar-refractivity contribution in [3.05, 3.63) is 0 Å². The van der Waals surface area contributed by atoms with Crippen molar-refractivity contribution in [2.45, 2.75) is 360 Å². The molecule has 0 rings (SSSR count). The summed E-state index contributed by atoms with van der Waals surface area (Å²) in [6.07, 6.45) is 65.2. The maximum absolute atomic E-state index is 12.5. The summed E-state index contributed by atoms with van der Waals surface area (Å²) < 4.78 is 5.49. The van der Waals surface area contributed by atoms with Gasteiger partial charge in [0.2, 0.25) is 5.91 Å². The second-order valence-electron chi connectivity index (χ2n) is 21.1. The fourth-order valence-electron chi connectivity index (χ4n) is 9.76. The van der Waals surface area contributed by atoms with Gasteiger partial charge >= 0.3 is 5.97 Å². The van der Waals surface area contributed by atoms with Crippen LogP contribution in [0.5, 0.6) is 0 Å². The van der Waals surface area contributed by atoms with Crippen LogP contribution < -0.4 is 5.32 Å². The highest BCUT2D eigenvalue weighted by molar-refractivity contribution is 5.76. The molecule has 2 unspecified atom stereocenters. The SMILES string of the molecule is CCCCCCCCCCCCCCCCCCCCCC(O)C(CO)NC(=O)CCCCCCCCCCCCCCCOC(=O)CCCCCCCCCCCCCCCCCCC. The van der Waals surface area contributed by atoms with E-state index in [-0.39, 0.29) is 18.5 Å². The third-order valence-electron chi connectivity index (χ3n) is 14.4. The Bertz CT molecular complexity index is 944. The molecule has 0 radical (unpaired) electrons. The number of hydrogen-bond donors (Lipinski definition) is 3. The van der Waals surface area contributed by atoms with Crippen molar-refractivity contribution in [3.63, 3.8) is 0 Å². The van der Waals surface area contributed by atoms with E-state index in [0.29, 0.717) is 25.9 Å². The zero-order valence-electron chi connectivity index (χ0n) is 45.0. The molecule has 0 fully saturated rings. The van der Waals surface area contributed by atoms with Crippen molar-refractivity contribution < 1.29 is 24.5 Å². The fourth-order valence-corrected chi connectivity index (χ4v) is 9.76. The van der Waals surface area contributed by atoms with Gasteiger partial charge in [0.05, 0.1) is 25.4 Å². The molecule has 0 aliphatic heterocycles. The predicted octanol–water partition coefficient (Wildman–Crippen LogP) is 18.7. The zero-order valence-corrected chi connectivity index (χ0v) is 45.0. The first-order valence-corrected chi connectivity index (χ1v) is 30.3. The molecule has 0 aromatic heterocycles. The minimum atomic E-state index is -0.672. The molecule has 66 heavy (non-hydrogen) atoms. The smallest absolute Gasteiger partial charge is 0.305 e. The summed E-state index contributed by atoms with van der Waals surface area (Å²) in [7, 11) is 0. The van der Waals surface area contributed by atoms with Gasteiger partial charge < -0.3 is 20.3 Å². The number of nitrogens with one attached hydrogen (secondary N) is 1. The molecule has 0 bridgehead atoms. The Morgan fingerprint density at radius 3 is 0.924 bits per heavy atom. The summed E-state index contributed by atoms with van der Waals surface area (Å²) in [5, 5.41) is 23.3. The molecule has 3 N–H and O–H groups in total. The number of ether oxygens (including phenoxy) is 1. The van der Waals surface area contributed by atoms with Crippen LogP contribution in [-0.2, 0) is 14.3 Å². The molecule has 0 spiro atoms. The van der Waals surface area contributed by atoms with Crippen molar-refractivity contribution in [1.82, 2.24) is 5.32 Å². The number of carbonyl (C=O) groups is 2. The molecular weight excluding hydrogens is 815 g/mol. The zero-order chi connectivity index (χ0) is 47.9. The van der Waals surface area contributed by atoms with Gasteiger partial charge in [-0.3, -0.25) is 9.59 Å². The summed E-state index contributed by atoms with van der Waals surface area (Å²) in [5.74, 6) is -0.0434. The second-order valence-corrected chi connectivity index (χ2v) is 21.1. The van der Waals surface area contributed by atoms with E-state index in [1.54, 1.807) is 0 Å². The number of amides is 1. The number of esters is 1. The van der Waals surface area contributed by atoms with Crippen molar-refractivity contribution in [2.75, 3.05) is 13.2 Å². The molecule has 394 valence electrons. The monoisotopic (exact) mass is 934 g/mol. The molecule has 0 heterocycles. The van der Waals surface area contributed by atoms with Crippen LogP contribution in [0, 0.1) is 0 Å². The molecular formula is C60H119NO5. The molecule has 2 atom stereocenters. The minimum Gasteiger partial charge on any atom is -0.466 e. The Morgan fingerprint density at radius 2 is 0.621 bits per heavy atom. The Hall–Kier alpha value is -1.14. The van der Waals surface area contributed by atoms with E-state index in [1.165, 1.54) is 263 Å². The molecule has 1 amide bonds. The van der Waals surface area contributed by atoms with Crippen molar-refractivity contribution in [1.29, 1.82) is 0 Å². The Balaban J connectivity index is 3.42. The van der Waals surface area contributed by atoms with Crippen molar-refractivity contribution in [3.8, 4) is 0 Å². The molecule has 0 aromatic rings. The molecule has 6 heteroatoms. The van der Waals surface area contributed by atoms with Gasteiger partial charge in [-0.1, -0.05) is 309 Å². The van der Waals surface area contributed by atoms with Crippen LogP contribution in [0.25, 0.3) is 0 Å². The molecule has 0 aliphatic carbocycles. The van der Waals surface area contributed by atoms with Gasteiger partial charge in [-0.05, 0) is 25.7 Å². The van der Waals surface area contributed by atoms with E-state index in [0.717, 1.165) is 51.4 Å². The van der Waals surface area contributed by atoms with E-state index in [9.17, 15) is 19.8 Å². The van der Waals surface area contributed by atoms with Crippen LogP contribution in [0.1, 0.15) is 348 Å². The van der Waals surface area contributed by atoms with Crippen LogP contribution in [0.2, 0.25) is 0 Å². The summed E-state index contributed by atoms with van der Waals surface area (Å²) in [6, 6.07) is -0.550. The third-order valence-corrected chi connectivity index (χ3v) is 14.4. The molecule has 0 aromatic carbocycles. The highest BCUT2D eigenvalue weighted by Gasteiger charge is 2.20. The Kier molecular flexibility index (Phi) is 55.5. The van der Waals surface area contributed by atoms with Crippen molar-refractivity contribution in [2.24, 2.45) is 0 Å². The third kappa shape index (κ3) is 52.2. The van der Waals surface area contributed by atoms with Crippen LogP contribution in [0.4, 0.5) is 0 Å². The van der Waals surface area contributed by atoms with Crippen LogP contribution >= 0.6 is 0 Å². The largest absolute Gasteiger partial charge is 0.466 e. The number of unbranched alkanes of at least 4 members (excludes halogenated alkanes) is 46. The number of hydrogen-bond acceptors (Lipinski definition) is 5. The summed E-state index contributed by atoms with van der Waals surface area (Å²) >= 11 is 0. The van der Waals surface area contributed by atoms with Gasteiger partial charge in [-0.25, -0.2) is 0 Å². The van der Waals surface area contributed by atoms with Crippen LogP contribution in [-0.4, -0.2) is 47.4 Å². The van der Waals surface area contributed by atoms with E-state index in [4.69, 9.17) is 4.74 Å². The number of carbonyl (C=O) groups excluding carboxylic acids is 2. The Labute approximate surface area is 413 Å². The summed E-state index contributed by atoms with van der Waals surface area (Å²) in [5.41, 5.74) is 0. The lowest BCUT2D eigenvalue weighted by atomic mass is 10.0. The molecule has 0 saturated carbocycles. The highest BCUT2D eigenvalue weighted by Crippen LogP contribution is 2.18. The first-order chi connectivity index (χ1) is 32.5. The first-order valence-electron chi connectivity index (χ1n) is 30.3. The van der Waals surface area contributed by atoms with Gasteiger partial charge in [0.1, 0.15) is 0 Å². The molecule has 0 aliphatic rings. The Morgan fingerprint density at radius 1 is 0.364 bits per heavy atom. The average molecular weight is 935 g/mol. The standard InChI is InChI=1S/C60H119NO5/c1-3-5-7-9-11-13-15-17-19-21-22-24-25-28-32-36-40-44-48-52-58(63)57(56-62)61-59(64)53-49-45-41-37-33-29-27-31-35-39-43-47-51-55-66-60(65)54-50-46-42-38-34-30-26-23-20-18-16-14-12-10-8-6-4-2/h57-58,62-63H,3-56H2,1-2H3,(H,61,64). The molecule has 6 nitrogen and oxygen atoms in total. The van der Waals surface area contributed by atoms with E-state index in [2.05, 4.69) is 19.2 Å². The number of aliphatic hydroxyl groups excluding tert-OH is 2.